The molecule has 1 aromatic heterocycles. The summed E-state index contributed by atoms with van der Waals surface area (Å²) in [5, 5.41) is 9.99. The quantitative estimate of drug-likeness (QED) is 0.632. The van der Waals surface area contributed by atoms with Gasteiger partial charge in [0, 0.05) is 18.2 Å². The molecule has 1 aliphatic rings. The van der Waals surface area contributed by atoms with Crippen molar-refractivity contribution in [1.29, 1.82) is 0 Å². The topological polar surface area (TPSA) is 85.2 Å². The van der Waals surface area contributed by atoms with E-state index in [9.17, 15) is 9.59 Å². The average Bonchev–Trinajstić information content (AvgIpc) is 3.19. The van der Waals surface area contributed by atoms with Crippen LogP contribution in [0, 0.1) is 0 Å². The number of carbonyl (C=O) groups is 2. The summed E-state index contributed by atoms with van der Waals surface area (Å²) >= 11 is 0. The Balaban J connectivity index is 1.33. The van der Waals surface area contributed by atoms with Gasteiger partial charge in [0.15, 0.2) is 6.61 Å². The Kier molecular flexibility index (Phi) is 5.79. The molecule has 0 spiro atoms. The Morgan fingerprint density at radius 1 is 1.13 bits per heavy atom. The van der Waals surface area contributed by atoms with Crippen LogP contribution in [-0.4, -0.2) is 28.2 Å². The molecule has 4 rings (SSSR count). The third-order valence-electron chi connectivity index (χ3n) is 5.09. The number of amides is 2. The molecule has 2 N–H and O–H groups in total. The minimum Gasteiger partial charge on any atom is -0.484 e. The molecule has 2 heterocycles. The molecule has 2 amide bonds. The van der Waals surface area contributed by atoms with Gasteiger partial charge >= 0.3 is 0 Å². The number of fused-ring (bicyclic) bond motifs is 1. The van der Waals surface area contributed by atoms with Gasteiger partial charge in [-0.3, -0.25) is 9.59 Å². The zero-order chi connectivity index (χ0) is 20.9. The SMILES string of the molecule is CCc1ccc(Cn2nccc2NC(=O)COc2ccc3c(c2)CCC(=O)N3)cc1. The Hall–Kier alpha value is -3.61. The van der Waals surface area contributed by atoms with Crippen LogP contribution in [0.4, 0.5) is 11.5 Å². The lowest BCUT2D eigenvalue weighted by Crippen LogP contribution is -2.22. The summed E-state index contributed by atoms with van der Waals surface area (Å²) in [4.78, 5) is 23.8. The molecule has 0 atom stereocenters. The number of nitrogens with one attached hydrogen (secondary N) is 2. The molecule has 0 saturated heterocycles. The monoisotopic (exact) mass is 404 g/mol. The molecule has 0 unspecified atom stereocenters. The zero-order valence-corrected chi connectivity index (χ0v) is 16.9. The molecule has 3 aromatic rings. The van der Waals surface area contributed by atoms with E-state index in [2.05, 4.69) is 46.9 Å². The fraction of sp³-hybridized carbons (Fsp3) is 0.261. The first-order valence-corrected chi connectivity index (χ1v) is 10.1. The fourth-order valence-electron chi connectivity index (χ4n) is 3.40. The van der Waals surface area contributed by atoms with E-state index in [1.807, 2.05) is 6.07 Å². The molecular weight excluding hydrogens is 380 g/mol. The maximum atomic E-state index is 12.4. The summed E-state index contributed by atoms with van der Waals surface area (Å²) in [6.07, 6.45) is 3.79. The third-order valence-corrected chi connectivity index (χ3v) is 5.09. The smallest absolute Gasteiger partial charge is 0.263 e. The molecule has 0 bridgehead atoms. The van der Waals surface area contributed by atoms with Crippen molar-refractivity contribution in [3.05, 3.63) is 71.4 Å². The predicted octanol–water partition coefficient (Wildman–Crippen LogP) is 3.40. The Labute approximate surface area is 175 Å². The van der Waals surface area contributed by atoms with Gasteiger partial charge in [-0.2, -0.15) is 5.10 Å². The summed E-state index contributed by atoms with van der Waals surface area (Å²) in [7, 11) is 0. The van der Waals surface area contributed by atoms with Gasteiger partial charge in [-0.05, 0) is 47.7 Å². The highest BCUT2D eigenvalue weighted by molar-refractivity contribution is 5.94. The number of hydrogen-bond donors (Lipinski definition) is 2. The lowest BCUT2D eigenvalue weighted by molar-refractivity contribution is -0.118. The van der Waals surface area contributed by atoms with Crippen LogP contribution < -0.4 is 15.4 Å². The van der Waals surface area contributed by atoms with Crippen LogP contribution in [0.15, 0.2) is 54.7 Å². The molecule has 0 aliphatic carbocycles. The molecule has 0 radical (unpaired) electrons. The highest BCUT2D eigenvalue weighted by Crippen LogP contribution is 2.26. The molecule has 154 valence electrons. The van der Waals surface area contributed by atoms with E-state index in [0.717, 1.165) is 23.2 Å². The van der Waals surface area contributed by atoms with Gasteiger partial charge in [-0.15, -0.1) is 0 Å². The number of aryl methyl sites for hydroxylation is 2. The van der Waals surface area contributed by atoms with Gasteiger partial charge in [0.1, 0.15) is 11.6 Å². The van der Waals surface area contributed by atoms with Crippen molar-refractivity contribution in [2.24, 2.45) is 0 Å². The minimum atomic E-state index is -0.260. The number of aromatic nitrogens is 2. The highest BCUT2D eigenvalue weighted by Gasteiger charge is 2.15. The van der Waals surface area contributed by atoms with Crippen LogP contribution in [0.5, 0.6) is 5.75 Å². The lowest BCUT2D eigenvalue weighted by atomic mass is 10.0. The van der Waals surface area contributed by atoms with Gasteiger partial charge in [-0.25, -0.2) is 4.68 Å². The van der Waals surface area contributed by atoms with E-state index in [1.54, 1.807) is 29.1 Å². The van der Waals surface area contributed by atoms with Gasteiger partial charge < -0.3 is 15.4 Å². The minimum absolute atomic E-state index is 0.0217. The van der Waals surface area contributed by atoms with Crippen molar-refractivity contribution in [3.63, 3.8) is 0 Å². The first kappa shape index (κ1) is 19.7. The van der Waals surface area contributed by atoms with Crippen LogP contribution in [0.2, 0.25) is 0 Å². The summed E-state index contributed by atoms with van der Waals surface area (Å²) in [5.74, 6) is 0.985. The van der Waals surface area contributed by atoms with Gasteiger partial charge in [0.25, 0.3) is 5.91 Å². The van der Waals surface area contributed by atoms with Crippen LogP contribution in [0.1, 0.15) is 30.0 Å². The van der Waals surface area contributed by atoms with E-state index < -0.39 is 0 Å². The first-order valence-electron chi connectivity index (χ1n) is 10.1. The molecule has 7 nitrogen and oxygen atoms in total. The summed E-state index contributed by atoms with van der Waals surface area (Å²) < 4.78 is 7.39. The molecule has 0 fully saturated rings. The predicted molar refractivity (Wildman–Crippen MR) is 115 cm³/mol. The van der Waals surface area contributed by atoms with Crippen molar-refractivity contribution in [1.82, 2.24) is 9.78 Å². The number of anilines is 2. The molecule has 30 heavy (non-hydrogen) atoms. The Morgan fingerprint density at radius 3 is 2.73 bits per heavy atom. The van der Waals surface area contributed by atoms with Crippen molar-refractivity contribution in [2.75, 3.05) is 17.2 Å². The van der Waals surface area contributed by atoms with Crippen molar-refractivity contribution in [2.45, 2.75) is 32.7 Å². The summed E-state index contributed by atoms with van der Waals surface area (Å²) in [6.45, 7) is 2.59. The molecule has 2 aromatic carbocycles. The van der Waals surface area contributed by atoms with E-state index in [0.29, 0.717) is 31.0 Å². The van der Waals surface area contributed by atoms with E-state index in [-0.39, 0.29) is 18.4 Å². The van der Waals surface area contributed by atoms with Crippen molar-refractivity contribution < 1.29 is 14.3 Å². The van der Waals surface area contributed by atoms with E-state index in [1.165, 1.54) is 5.56 Å². The van der Waals surface area contributed by atoms with Crippen molar-refractivity contribution in [3.8, 4) is 5.75 Å². The first-order chi connectivity index (χ1) is 14.6. The van der Waals surface area contributed by atoms with Crippen LogP contribution in [-0.2, 0) is 29.0 Å². The summed E-state index contributed by atoms with van der Waals surface area (Å²) in [6, 6.07) is 15.6. The number of hydrogen-bond acceptors (Lipinski definition) is 4. The second-order valence-corrected chi connectivity index (χ2v) is 7.25. The second-order valence-electron chi connectivity index (χ2n) is 7.25. The molecule has 1 aliphatic heterocycles. The second kappa shape index (κ2) is 8.82. The number of carbonyl (C=O) groups excluding carboxylic acids is 2. The number of benzene rings is 2. The molecular formula is C23H24N4O3. The number of ether oxygens (including phenoxy) is 1. The molecule has 7 heteroatoms. The van der Waals surface area contributed by atoms with Gasteiger partial charge in [0.2, 0.25) is 5.91 Å². The van der Waals surface area contributed by atoms with Crippen LogP contribution in [0.3, 0.4) is 0 Å². The maximum absolute atomic E-state index is 12.4. The normalized spacial score (nSPS) is 12.8. The van der Waals surface area contributed by atoms with Crippen LogP contribution >= 0.6 is 0 Å². The lowest BCUT2D eigenvalue weighted by Gasteiger charge is -2.17. The summed E-state index contributed by atoms with van der Waals surface area (Å²) in [5.41, 5.74) is 4.22. The Bertz CT molecular complexity index is 1060. The largest absolute Gasteiger partial charge is 0.484 e. The number of rotatable bonds is 7. The van der Waals surface area contributed by atoms with Crippen LogP contribution in [0.25, 0.3) is 0 Å². The van der Waals surface area contributed by atoms with Gasteiger partial charge in [0.05, 0.1) is 12.7 Å². The standard InChI is InChI=1S/C23H24N4O3/c1-2-16-3-5-17(6-4-16)14-27-21(11-12-24-27)26-23(29)15-30-19-8-9-20-18(13-19)7-10-22(28)25-20/h3-6,8-9,11-13H,2,7,10,14-15H2,1H3,(H,25,28)(H,26,29). The maximum Gasteiger partial charge on any atom is 0.263 e. The van der Waals surface area contributed by atoms with E-state index >= 15 is 0 Å². The van der Waals surface area contributed by atoms with E-state index in [4.69, 9.17) is 4.74 Å². The fourth-order valence-corrected chi connectivity index (χ4v) is 3.40. The third kappa shape index (κ3) is 4.68. The van der Waals surface area contributed by atoms with Gasteiger partial charge in [-0.1, -0.05) is 31.2 Å². The number of nitrogens with zero attached hydrogens (tertiary/aromatic N) is 2. The van der Waals surface area contributed by atoms with Crippen molar-refractivity contribution >= 4 is 23.3 Å². The molecule has 0 saturated carbocycles. The zero-order valence-electron chi connectivity index (χ0n) is 16.9. The average molecular weight is 404 g/mol. The Morgan fingerprint density at radius 2 is 1.93 bits per heavy atom. The highest BCUT2D eigenvalue weighted by atomic mass is 16.5.